The van der Waals surface area contributed by atoms with Crippen LogP contribution in [-0.2, 0) is 4.79 Å². The summed E-state index contributed by atoms with van der Waals surface area (Å²) in [5.41, 5.74) is 0.832. The van der Waals surface area contributed by atoms with Gasteiger partial charge in [0, 0.05) is 6.08 Å². The van der Waals surface area contributed by atoms with E-state index in [1.807, 2.05) is 25.1 Å². The van der Waals surface area contributed by atoms with E-state index in [9.17, 15) is 4.79 Å². The van der Waals surface area contributed by atoms with Gasteiger partial charge in [0.15, 0.2) is 5.13 Å². The van der Waals surface area contributed by atoms with Crippen LogP contribution >= 0.6 is 11.3 Å². The number of carbonyl (C=O) groups is 1. The standard InChI is InChI=1S/C16H14N2O3S/c1-2-20-12-5-7-13-14(10-12)22-16(17-13)18-15(19)8-6-11-4-3-9-21-11/h3-10H,2H2,1H3,(H,17,18,19)/b8-6-. The molecule has 0 radical (unpaired) electrons. The maximum Gasteiger partial charge on any atom is 0.250 e. The highest BCUT2D eigenvalue weighted by Crippen LogP contribution is 2.29. The van der Waals surface area contributed by atoms with Crippen LogP contribution in [0.4, 0.5) is 5.13 Å². The summed E-state index contributed by atoms with van der Waals surface area (Å²) in [4.78, 5) is 16.2. The van der Waals surface area contributed by atoms with Crippen LogP contribution in [0.3, 0.4) is 0 Å². The molecule has 2 aromatic heterocycles. The van der Waals surface area contributed by atoms with Crippen LogP contribution in [0.5, 0.6) is 5.75 Å². The Morgan fingerprint density at radius 2 is 2.36 bits per heavy atom. The van der Waals surface area contributed by atoms with Gasteiger partial charge in [0.2, 0.25) is 5.91 Å². The van der Waals surface area contributed by atoms with E-state index in [2.05, 4.69) is 10.3 Å². The average molecular weight is 314 g/mol. The first-order valence-electron chi connectivity index (χ1n) is 6.80. The number of thiazole rings is 1. The first-order chi connectivity index (χ1) is 10.7. The Labute approximate surface area is 131 Å². The molecule has 1 amide bonds. The van der Waals surface area contributed by atoms with Crippen LogP contribution < -0.4 is 10.1 Å². The van der Waals surface area contributed by atoms with Crippen LogP contribution in [0, 0.1) is 0 Å². The number of fused-ring (bicyclic) bond motifs is 1. The Morgan fingerprint density at radius 3 is 3.14 bits per heavy atom. The number of nitrogens with zero attached hydrogens (tertiary/aromatic N) is 1. The lowest BCUT2D eigenvalue weighted by Gasteiger charge is -2.00. The smallest absolute Gasteiger partial charge is 0.250 e. The zero-order valence-electron chi connectivity index (χ0n) is 11.9. The van der Waals surface area contributed by atoms with E-state index in [1.54, 1.807) is 24.5 Å². The van der Waals surface area contributed by atoms with Crippen molar-refractivity contribution in [3.8, 4) is 5.75 Å². The van der Waals surface area contributed by atoms with Crippen molar-refractivity contribution in [2.75, 3.05) is 11.9 Å². The molecule has 0 saturated heterocycles. The van der Waals surface area contributed by atoms with Crippen molar-refractivity contribution >= 4 is 38.7 Å². The van der Waals surface area contributed by atoms with Crippen molar-refractivity contribution in [3.63, 3.8) is 0 Å². The van der Waals surface area contributed by atoms with Gasteiger partial charge in [-0.15, -0.1) is 0 Å². The van der Waals surface area contributed by atoms with Gasteiger partial charge < -0.3 is 9.15 Å². The summed E-state index contributed by atoms with van der Waals surface area (Å²) >= 11 is 1.41. The first-order valence-corrected chi connectivity index (χ1v) is 7.62. The number of furan rings is 1. The highest BCUT2D eigenvalue weighted by Gasteiger charge is 2.07. The molecule has 6 heteroatoms. The zero-order valence-corrected chi connectivity index (χ0v) is 12.7. The molecule has 3 rings (SSSR count). The van der Waals surface area contributed by atoms with Gasteiger partial charge >= 0.3 is 0 Å². The minimum absolute atomic E-state index is 0.250. The van der Waals surface area contributed by atoms with E-state index in [-0.39, 0.29) is 5.91 Å². The second-order valence-electron chi connectivity index (χ2n) is 4.42. The highest BCUT2D eigenvalue weighted by molar-refractivity contribution is 7.22. The molecule has 0 atom stereocenters. The molecule has 3 aromatic rings. The molecule has 1 N–H and O–H groups in total. The van der Waals surface area contributed by atoms with Gasteiger partial charge in [0.1, 0.15) is 11.5 Å². The average Bonchev–Trinajstić information content (AvgIpc) is 3.13. The molecule has 1 aromatic carbocycles. The van der Waals surface area contributed by atoms with Gasteiger partial charge in [0.25, 0.3) is 0 Å². The lowest BCUT2D eigenvalue weighted by Crippen LogP contribution is -2.07. The normalized spacial score (nSPS) is 11.1. The van der Waals surface area contributed by atoms with Crippen LogP contribution in [-0.4, -0.2) is 17.5 Å². The second-order valence-corrected chi connectivity index (χ2v) is 5.45. The fraction of sp³-hybridized carbons (Fsp3) is 0.125. The maximum atomic E-state index is 11.9. The number of ether oxygens (including phenoxy) is 1. The zero-order chi connectivity index (χ0) is 15.4. The largest absolute Gasteiger partial charge is 0.494 e. The van der Waals surface area contributed by atoms with Gasteiger partial charge in [-0.1, -0.05) is 11.3 Å². The molecule has 5 nitrogen and oxygen atoms in total. The third-order valence-corrected chi connectivity index (χ3v) is 3.78. The number of hydrogen-bond acceptors (Lipinski definition) is 5. The van der Waals surface area contributed by atoms with Crippen molar-refractivity contribution in [2.45, 2.75) is 6.92 Å². The van der Waals surface area contributed by atoms with E-state index in [0.29, 0.717) is 17.5 Å². The summed E-state index contributed by atoms with van der Waals surface area (Å²) in [5, 5.41) is 3.30. The molecular formula is C16H14N2O3S. The van der Waals surface area contributed by atoms with E-state index in [0.717, 1.165) is 16.0 Å². The lowest BCUT2D eigenvalue weighted by atomic mass is 10.3. The van der Waals surface area contributed by atoms with Crippen LogP contribution in [0.25, 0.3) is 16.3 Å². The number of rotatable bonds is 5. The Morgan fingerprint density at radius 1 is 1.45 bits per heavy atom. The molecule has 0 unspecified atom stereocenters. The topological polar surface area (TPSA) is 64.4 Å². The summed E-state index contributed by atoms with van der Waals surface area (Å²) in [6.07, 6.45) is 4.58. The Kier molecular flexibility index (Phi) is 4.20. The number of carbonyl (C=O) groups excluding carboxylic acids is 1. The Bertz CT molecular complexity index is 806. The summed E-state index contributed by atoms with van der Waals surface area (Å²) in [5.74, 6) is 1.18. The van der Waals surface area contributed by atoms with Crippen LogP contribution in [0.15, 0.2) is 47.1 Å². The summed E-state index contributed by atoms with van der Waals surface area (Å²) in [6, 6.07) is 9.21. The Balaban J connectivity index is 1.72. The van der Waals surface area contributed by atoms with Crippen molar-refractivity contribution < 1.29 is 13.9 Å². The van der Waals surface area contributed by atoms with Crippen molar-refractivity contribution in [1.82, 2.24) is 4.98 Å². The number of aromatic nitrogens is 1. The first kappa shape index (κ1) is 14.3. The number of benzene rings is 1. The molecule has 112 valence electrons. The number of amides is 1. The third kappa shape index (κ3) is 3.35. The van der Waals surface area contributed by atoms with Crippen molar-refractivity contribution in [2.24, 2.45) is 0 Å². The number of nitrogens with one attached hydrogen (secondary N) is 1. The molecule has 0 bridgehead atoms. The predicted octanol–water partition coefficient (Wildman–Crippen LogP) is 3.94. The number of anilines is 1. The molecule has 0 fully saturated rings. The van der Waals surface area contributed by atoms with Crippen molar-refractivity contribution in [1.29, 1.82) is 0 Å². The second kappa shape index (κ2) is 6.44. The van der Waals surface area contributed by atoms with Gasteiger partial charge in [-0.05, 0) is 43.3 Å². The predicted molar refractivity (Wildman–Crippen MR) is 87.2 cm³/mol. The summed E-state index contributed by atoms with van der Waals surface area (Å²) in [7, 11) is 0. The van der Waals surface area contributed by atoms with Gasteiger partial charge in [-0.2, -0.15) is 0 Å². The fourth-order valence-corrected chi connectivity index (χ4v) is 2.80. The Hall–Kier alpha value is -2.60. The highest BCUT2D eigenvalue weighted by atomic mass is 32.1. The fourth-order valence-electron chi connectivity index (χ4n) is 1.91. The molecule has 2 heterocycles. The monoisotopic (exact) mass is 314 g/mol. The van der Waals surface area contributed by atoms with E-state index in [1.165, 1.54) is 17.4 Å². The minimum atomic E-state index is -0.250. The van der Waals surface area contributed by atoms with E-state index < -0.39 is 0 Å². The minimum Gasteiger partial charge on any atom is -0.494 e. The van der Waals surface area contributed by atoms with Gasteiger partial charge in [-0.25, -0.2) is 4.98 Å². The van der Waals surface area contributed by atoms with Gasteiger partial charge in [0.05, 0.1) is 23.1 Å². The molecule has 0 aliphatic heterocycles. The number of hydrogen-bond donors (Lipinski definition) is 1. The summed E-state index contributed by atoms with van der Waals surface area (Å²) < 4.78 is 11.5. The molecule has 0 saturated carbocycles. The maximum absolute atomic E-state index is 11.9. The molecule has 0 aliphatic carbocycles. The van der Waals surface area contributed by atoms with Gasteiger partial charge in [-0.3, -0.25) is 10.1 Å². The molecular weight excluding hydrogens is 300 g/mol. The van der Waals surface area contributed by atoms with E-state index in [4.69, 9.17) is 9.15 Å². The SMILES string of the molecule is CCOc1ccc2nc(NC(=O)/C=C\c3ccco3)sc2c1. The molecule has 22 heavy (non-hydrogen) atoms. The third-order valence-electron chi connectivity index (χ3n) is 2.84. The molecule has 0 spiro atoms. The quantitative estimate of drug-likeness (QED) is 0.724. The van der Waals surface area contributed by atoms with Crippen LogP contribution in [0.1, 0.15) is 12.7 Å². The van der Waals surface area contributed by atoms with Crippen molar-refractivity contribution in [3.05, 3.63) is 48.4 Å². The van der Waals surface area contributed by atoms with E-state index >= 15 is 0 Å². The van der Waals surface area contributed by atoms with Crippen LogP contribution in [0.2, 0.25) is 0 Å². The lowest BCUT2D eigenvalue weighted by molar-refractivity contribution is -0.111. The summed E-state index contributed by atoms with van der Waals surface area (Å²) in [6.45, 7) is 2.55. The molecule has 0 aliphatic rings.